The third-order valence-electron chi connectivity index (χ3n) is 4.62. The highest BCUT2D eigenvalue weighted by atomic mass is 16.5. The summed E-state index contributed by atoms with van der Waals surface area (Å²) >= 11 is 0. The molecule has 0 aliphatic carbocycles. The molecule has 3 N–H and O–H groups in total. The highest BCUT2D eigenvalue weighted by Crippen LogP contribution is 2.31. The number of benzene rings is 2. The minimum atomic E-state index is -0.494. The number of hydrogen-bond acceptors (Lipinski definition) is 9. The van der Waals surface area contributed by atoms with Gasteiger partial charge in [-0.1, -0.05) is 0 Å². The standard InChI is InChI=1S/C22H23N5O5/c1-13-12-23-21(25-15-5-7-18(30-3)19(11-15)31-9-8-29-2)27-20(13)24-14-4-6-17-16(10-14)26-22(28)32-17/h4-7,10-12H,8-9H2,1-3H3,(H,26,28)(H2,23,24,25,27). The number of aromatic amines is 1. The lowest BCUT2D eigenvalue weighted by atomic mass is 10.2. The summed E-state index contributed by atoms with van der Waals surface area (Å²) in [5.74, 6) is 1.74. The number of oxazole rings is 1. The van der Waals surface area contributed by atoms with Crippen LogP contribution in [0.15, 0.2) is 51.8 Å². The van der Waals surface area contributed by atoms with Crippen LogP contribution in [0.3, 0.4) is 0 Å². The van der Waals surface area contributed by atoms with Crippen molar-refractivity contribution in [2.45, 2.75) is 6.92 Å². The van der Waals surface area contributed by atoms with E-state index in [9.17, 15) is 4.79 Å². The monoisotopic (exact) mass is 437 g/mol. The van der Waals surface area contributed by atoms with Crippen LogP contribution in [-0.2, 0) is 4.74 Å². The van der Waals surface area contributed by atoms with Crippen molar-refractivity contribution in [3.63, 3.8) is 0 Å². The van der Waals surface area contributed by atoms with Gasteiger partial charge in [0.05, 0.1) is 19.2 Å². The number of rotatable bonds is 9. The molecule has 32 heavy (non-hydrogen) atoms. The second-order valence-electron chi connectivity index (χ2n) is 6.91. The maximum atomic E-state index is 11.4. The molecule has 0 spiro atoms. The van der Waals surface area contributed by atoms with Crippen molar-refractivity contribution in [2.24, 2.45) is 0 Å². The molecule has 0 saturated heterocycles. The highest BCUT2D eigenvalue weighted by Gasteiger charge is 2.10. The number of fused-ring (bicyclic) bond motifs is 1. The number of anilines is 4. The van der Waals surface area contributed by atoms with Gasteiger partial charge in [0.25, 0.3) is 0 Å². The normalized spacial score (nSPS) is 10.8. The van der Waals surface area contributed by atoms with Crippen LogP contribution in [0.1, 0.15) is 5.56 Å². The van der Waals surface area contributed by atoms with Gasteiger partial charge in [0.15, 0.2) is 17.1 Å². The summed E-state index contributed by atoms with van der Waals surface area (Å²) in [7, 11) is 3.20. The summed E-state index contributed by atoms with van der Waals surface area (Å²) < 4.78 is 21.1. The first-order chi connectivity index (χ1) is 15.6. The van der Waals surface area contributed by atoms with Gasteiger partial charge in [-0.05, 0) is 37.3 Å². The summed E-state index contributed by atoms with van der Waals surface area (Å²) in [6.07, 6.45) is 1.72. The number of nitrogens with one attached hydrogen (secondary N) is 3. The van der Waals surface area contributed by atoms with Crippen LogP contribution in [0.4, 0.5) is 23.1 Å². The Morgan fingerprint density at radius 2 is 1.84 bits per heavy atom. The molecule has 10 heteroatoms. The number of aromatic nitrogens is 3. The Kier molecular flexibility index (Phi) is 6.22. The van der Waals surface area contributed by atoms with Crippen molar-refractivity contribution < 1.29 is 18.6 Å². The van der Waals surface area contributed by atoms with Gasteiger partial charge in [-0.25, -0.2) is 9.78 Å². The Morgan fingerprint density at radius 3 is 2.66 bits per heavy atom. The van der Waals surface area contributed by atoms with E-state index < -0.39 is 5.76 Å². The van der Waals surface area contributed by atoms with Crippen LogP contribution in [-0.4, -0.2) is 42.4 Å². The van der Waals surface area contributed by atoms with E-state index in [1.54, 1.807) is 44.7 Å². The Bertz CT molecular complexity index is 1280. The van der Waals surface area contributed by atoms with E-state index in [1.165, 1.54) is 0 Å². The third-order valence-corrected chi connectivity index (χ3v) is 4.62. The lowest BCUT2D eigenvalue weighted by molar-refractivity contribution is 0.144. The van der Waals surface area contributed by atoms with E-state index in [1.807, 2.05) is 19.1 Å². The molecule has 2 heterocycles. The van der Waals surface area contributed by atoms with E-state index >= 15 is 0 Å². The molecular weight excluding hydrogens is 414 g/mol. The zero-order chi connectivity index (χ0) is 22.5. The van der Waals surface area contributed by atoms with Crippen LogP contribution < -0.4 is 25.9 Å². The van der Waals surface area contributed by atoms with E-state index in [0.29, 0.717) is 47.6 Å². The molecule has 10 nitrogen and oxygen atoms in total. The number of ether oxygens (including phenoxy) is 3. The van der Waals surface area contributed by atoms with Gasteiger partial charge in [0, 0.05) is 36.3 Å². The number of nitrogens with zero attached hydrogens (tertiary/aromatic N) is 2. The van der Waals surface area contributed by atoms with Crippen molar-refractivity contribution in [1.29, 1.82) is 0 Å². The van der Waals surface area contributed by atoms with Gasteiger partial charge in [-0.2, -0.15) is 4.98 Å². The molecule has 0 aliphatic rings. The van der Waals surface area contributed by atoms with Gasteiger partial charge in [0.2, 0.25) is 5.95 Å². The number of methoxy groups -OCH3 is 2. The number of H-pyrrole nitrogens is 1. The fourth-order valence-corrected chi connectivity index (χ4v) is 3.03. The van der Waals surface area contributed by atoms with Crippen molar-refractivity contribution in [1.82, 2.24) is 15.0 Å². The molecule has 0 unspecified atom stereocenters. The predicted octanol–water partition coefficient (Wildman–Crippen LogP) is 3.74. The molecule has 0 atom stereocenters. The first-order valence-corrected chi connectivity index (χ1v) is 9.86. The zero-order valence-corrected chi connectivity index (χ0v) is 17.9. The third kappa shape index (κ3) is 4.81. The molecular formula is C22H23N5O5. The lowest BCUT2D eigenvalue weighted by Crippen LogP contribution is -2.06. The Hall–Kier alpha value is -4.05. The number of hydrogen-bond donors (Lipinski definition) is 3. The SMILES string of the molecule is COCCOc1cc(Nc2ncc(C)c(Nc3ccc4oc(=O)[nH]c4c3)n2)ccc1OC. The van der Waals surface area contributed by atoms with Crippen molar-refractivity contribution in [2.75, 3.05) is 38.1 Å². The predicted molar refractivity (Wildman–Crippen MR) is 121 cm³/mol. The van der Waals surface area contributed by atoms with Crippen LogP contribution >= 0.6 is 0 Å². The van der Waals surface area contributed by atoms with E-state index in [-0.39, 0.29) is 0 Å². The molecule has 0 bridgehead atoms. The first kappa shape index (κ1) is 21.2. The Morgan fingerprint density at radius 1 is 1.03 bits per heavy atom. The topological polar surface area (TPSA) is 124 Å². The molecule has 0 radical (unpaired) electrons. The molecule has 2 aromatic heterocycles. The van der Waals surface area contributed by atoms with Crippen LogP contribution in [0, 0.1) is 6.92 Å². The molecule has 2 aromatic carbocycles. The van der Waals surface area contributed by atoms with Gasteiger partial charge >= 0.3 is 5.76 Å². The average Bonchev–Trinajstić information content (AvgIpc) is 3.16. The Balaban J connectivity index is 1.54. The number of aryl methyl sites for hydroxylation is 1. The van der Waals surface area contributed by atoms with Crippen LogP contribution in [0.5, 0.6) is 11.5 Å². The largest absolute Gasteiger partial charge is 0.493 e. The molecule has 166 valence electrons. The minimum Gasteiger partial charge on any atom is -0.493 e. The van der Waals surface area contributed by atoms with Gasteiger partial charge in [-0.15, -0.1) is 0 Å². The summed E-state index contributed by atoms with van der Waals surface area (Å²) in [6.45, 7) is 2.77. The maximum Gasteiger partial charge on any atom is 0.417 e. The second-order valence-corrected chi connectivity index (χ2v) is 6.91. The van der Waals surface area contributed by atoms with E-state index in [2.05, 4.69) is 25.6 Å². The molecule has 4 aromatic rings. The summed E-state index contributed by atoms with van der Waals surface area (Å²) in [5.41, 5.74) is 3.44. The summed E-state index contributed by atoms with van der Waals surface area (Å²) in [4.78, 5) is 22.9. The minimum absolute atomic E-state index is 0.400. The van der Waals surface area contributed by atoms with Crippen LogP contribution in [0.2, 0.25) is 0 Å². The summed E-state index contributed by atoms with van der Waals surface area (Å²) in [5, 5.41) is 6.43. The second kappa shape index (κ2) is 9.40. The lowest BCUT2D eigenvalue weighted by Gasteiger charge is -2.14. The summed E-state index contributed by atoms with van der Waals surface area (Å²) in [6, 6.07) is 10.8. The average molecular weight is 437 g/mol. The maximum absolute atomic E-state index is 11.4. The van der Waals surface area contributed by atoms with Gasteiger partial charge in [0.1, 0.15) is 12.4 Å². The van der Waals surface area contributed by atoms with Crippen LogP contribution in [0.25, 0.3) is 11.1 Å². The zero-order valence-electron chi connectivity index (χ0n) is 17.9. The van der Waals surface area contributed by atoms with Gasteiger partial charge < -0.3 is 29.3 Å². The van der Waals surface area contributed by atoms with Crippen molar-refractivity contribution >= 4 is 34.2 Å². The smallest absolute Gasteiger partial charge is 0.417 e. The fourth-order valence-electron chi connectivity index (χ4n) is 3.03. The molecule has 0 aliphatic heterocycles. The molecule has 0 amide bonds. The quantitative estimate of drug-likeness (QED) is 0.336. The van der Waals surface area contributed by atoms with Crippen molar-refractivity contribution in [3.05, 3.63) is 58.7 Å². The van der Waals surface area contributed by atoms with Crippen molar-refractivity contribution in [3.8, 4) is 11.5 Å². The Labute approximate surface area is 183 Å². The molecule has 0 fully saturated rings. The van der Waals surface area contributed by atoms with E-state index in [4.69, 9.17) is 18.6 Å². The fraction of sp³-hybridized carbons (Fsp3) is 0.227. The molecule has 4 rings (SSSR count). The first-order valence-electron chi connectivity index (χ1n) is 9.86. The van der Waals surface area contributed by atoms with Gasteiger partial charge in [-0.3, -0.25) is 4.98 Å². The van der Waals surface area contributed by atoms with E-state index in [0.717, 1.165) is 16.9 Å². The highest BCUT2D eigenvalue weighted by molar-refractivity contribution is 5.78. The molecule has 0 saturated carbocycles.